The second-order valence-electron chi connectivity index (χ2n) is 10.8. The summed E-state index contributed by atoms with van der Waals surface area (Å²) in [5.74, 6) is -2.67. The van der Waals surface area contributed by atoms with Gasteiger partial charge in [-0.05, 0) is 69.5 Å². The zero-order valence-electron chi connectivity index (χ0n) is 25.1. The number of carbonyl (C=O) groups is 5. The SMILES string of the molecule is CNC(C)C(=O)NC(CCCNC(=O)c1ccc(S(=O)(=O)F)cc1)C(=O)N1CCCC1C(=O)NC(Cc1ccccc1)C(N)=O. The third-order valence-corrected chi connectivity index (χ3v) is 8.41. The Hall–Kier alpha value is -4.37. The van der Waals surface area contributed by atoms with Crippen molar-refractivity contribution in [3.8, 4) is 0 Å². The number of benzene rings is 2. The largest absolute Gasteiger partial charge is 0.368 e. The Morgan fingerprint density at radius 1 is 1.00 bits per heavy atom. The molecule has 1 aliphatic heterocycles. The molecule has 0 saturated carbocycles. The maximum absolute atomic E-state index is 13.7. The fourth-order valence-electron chi connectivity index (χ4n) is 4.91. The summed E-state index contributed by atoms with van der Waals surface area (Å²) in [6, 6.07) is 9.90. The maximum atomic E-state index is 13.7. The van der Waals surface area contributed by atoms with Gasteiger partial charge in [0.05, 0.1) is 10.9 Å². The molecule has 1 heterocycles. The summed E-state index contributed by atoms with van der Waals surface area (Å²) >= 11 is 0. The molecule has 5 amide bonds. The first-order valence-electron chi connectivity index (χ1n) is 14.6. The quantitative estimate of drug-likeness (QED) is 0.133. The van der Waals surface area contributed by atoms with Gasteiger partial charge in [0.2, 0.25) is 23.6 Å². The van der Waals surface area contributed by atoms with Crippen LogP contribution in [-0.4, -0.2) is 87.2 Å². The molecule has 4 atom stereocenters. The van der Waals surface area contributed by atoms with Crippen molar-refractivity contribution in [2.75, 3.05) is 20.1 Å². The van der Waals surface area contributed by atoms with Gasteiger partial charge in [-0.25, -0.2) is 0 Å². The normalized spacial score (nSPS) is 16.7. The van der Waals surface area contributed by atoms with E-state index in [4.69, 9.17) is 5.73 Å². The fourth-order valence-corrected chi connectivity index (χ4v) is 5.37. The number of halogens is 1. The molecule has 1 aliphatic rings. The van der Waals surface area contributed by atoms with E-state index in [9.17, 15) is 36.3 Å². The van der Waals surface area contributed by atoms with Crippen LogP contribution in [0, 0.1) is 0 Å². The topological polar surface area (TPSA) is 197 Å². The van der Waals surface area contributed by atoms with Crippen molar-refractivity contribution in [1.82, 2.24) is 26.2 Å². The summed E-state index contributed by atoms with van der Waals surface area (Å²) in [6.45, 7) is 2.00. The first-order chi connectivity index (χ1) is 21.3. The van der Waals surface area contributed by atoms with E-state index in [0.717, 1.165) is 17.7 Å². The lowest BCUT2D eigenvalue weighted by molar-refractivity contribution is -0.142. The van der Waals surface area contributed by atoms with Crippen molar-refractivity contribution in [3.63, 3.8) is 0 Å². The number of nitrogens with one attached hydrogen (secondary N) is 4. The van der Waals surface area contributed by atoms with E-state index in [0.29, 0.717) is 12.8 Å². The number of amides is 5. The van der Waals surface area contributed by atoms with E-state index in [-0.39, 0.29) is 37.9 Å². The molecule has 0 spiro atoms. The van der Waals surface area contributed by atoms with E-state index in [2.05, 4.69) is 21.3 Å². The summed E-state index contributed by atoms with van der Waals surface area (Å²) in [6.07, 6.45) is 1.48. The summed E-state index contributed by atoms with van der Waals surface area (Å²) in [5.41, 5.74) is 6.48. The number of rotatable bonds is 15. The van der Waals surface area contributed by atoms with Crippen molar-refractivity contribution in [1.29, 1.82) is 0 Å². The highest BCUT2D eigenvalue weighted by Gasteiger charge is 2.38. The molecule has 1 fully saturated rings. The van der Waals surface area contributed by atoms with Crippen LogP contribution >= 0.6 is 0 Å². The third-order valence-electron chi connectivity index (χ3n) is 7.58. The minimum atomic E-state index is -4.89. The molecule has 15 heteroatoms. The van der Waals surface area contributed by atoms with Crippen LogP contribution in [-0.2, 0) is 35.8 Å². The number of nitrogens with zero attached hydrogens (tertiary/aromatic N) is 1. The van der Waals surface area contributed by atoms with Gasteiger partial charge in [0.15, 0.2) is 0 Å². The van der Waals surface area contributed by atoms with Crippen LogP contribution < -0.4 is 27.0 Å². The first kappa shape index (κ1) is 35.1. The van der Waals surface area contributed by atoms with Crippen LogP contribution in [0.3, 0.4) is 0 Å². The second-order valence-corrected chi connectivity index (χ2v) is 12.1. The van der Waals surface area contributed by atoms with E-state index >= 15 is 0 Å². The highest BCUT2D eigenvalue weighted by atomic mass is 32.3. The third kappa shape index (κ3) is 10.1. The Morgan fingerprint density at radius 2 is 1.67 bits per heavy atom. The molecule has 4 unspecified atom stereocenters. The lowest BCUT2D eigenvalue weighted by Crippen LogP contribution is -2.57. The summed E-state index contributed by atoms with van der Waals surface area (Å²) in [7, 11) is -3.30. The Bertz CT molecular complexity index is 1470. The molecular formula is C30H39FN6O7S. The van der Waals surface area contributed by atoms with Gasteiger partial charge in [-0.15, -0.1) is 3.89 Å². The smallest absolute Gasteiger partial charge is 0.332 e. The van der Waals surface area contributed by atoms with Crippen LogP contribution in [0.15, 0.2) is 59.5 Å². The molecule has 13 nitrogen and oxygen atoms in total. The van der Waals surface area contributed by atoms with Gasteiger partial charge in [-0.3, -0.25) is 24.0 Å². The van der Waals surface area contributed by atoms with E-state index in [1.807, 2.05) is 18.2 Å². The van der Waals surface area contributed by atoms with Gasteiger partial charge in [0.1, 0.15) is 18.1 Å². The minimum absolute atomic E-state index is 0.104. The lowest BCUT2D eigenvalue weighted by Gasteiger charge is -2.30. The van der Waals surface area contributed by atoms with Gasteiger partial charge in [0, 0.05) is 25.1 Å². The summed E-state index contributed by atoms with van der Waals surface area (Å²) in [5, 5.41) is 10.9. The number of carbonyl (C=O) groups excluding carboxylic acids is 5. The number of hydrogen-bond acceptors (Lipinski definition) is 8. The molecule has 6 N–H and O–H groups in total. The van der Waals surface area contributed by atoms with Crippen LogP contribution in [0.1, 0.15) is 48.5 Å². The van der Waals surface area contributed by atoms with Crippen molar-refractivity contribution in [3.05, 3.63) is 65.7 Å². The van der Waals surface area contributed by atoms with Crippen molar-refractivity contribution in [2.24, 2.45) is 5.73 Å². The van der Waals surface area contributed by atoms with Crippen molar-refractivity contribution >= 4 is 39.8 Å². The van der Waals surface area contributed by atoms with Crippen LogP contribution in [0.2, 0.25) is 0 Å². The van der Waals surface area contributed by atoms with Gasteiger partial charge < -0.3 is 31.9 Å². The zero-order valence-corrected chi connectivity index (χ0v) is 25.9. The van der Waals surface area contributed by atoms with Gasteiger partial charge in [0.25, 0.3) is 5.91 Å². The fraction of sp³-hybridized carbons (Fsp3) is 0.433. The van der Waals surface area contributed by atoms with Crippen LogP contribution in [0.5, 0.6) is 0 Å². The molecule has 3 rings (SSSR count). The molecule has 0 aliphatic carbocycles. The molecular weight excluding hydrogens is 607 g/mol. The Labute approximate surface area is 261 Å². The highest BCUT2D eigenvalue weighted by Crippen LogP contribution is 2.20. The molecule has 0 bridgehead atoms. The molecule has 45 heavy (non-hydrogen) atoms. The molecule has 0 aromatic heterocycles. The lowest BCUT2D eigenvalue weighted by atomic mass is 10.0. The number of likely N-dealkylation sites (N-methyl/N-ethyl adjacent to an activating group) is 1. The molecule has 2 aromatic rings. The van der Waals surface area contributed by atoms with Crippen molar-refractivity contribution in [2.45, 2.75) is 68.1 Å². The number of nitrogens with two attached hydrogens (primary N) is 1. The average molecular weight is 647 g/mol. The monoisotopic (exact) mass is 646 g/mol. The number of primary amides is 1. The van der Waals surface area contributed by atoms with Crippen molar-refractivity contribution < 1.29 is 36.3 Å². The van der Waals surface area contributed by atoms with Crippen LogP contribution in [0.4, 0.5) is 3.89 Å². The Balaban J connectivity index is 1.65. The van der Waals surface area contributed by atoms with E-state index < -0.39 is 68.8 Å². The van der Waals surface area contributed by atoms with E-state index in [1.165, 1.54) is 17.0 Å². The molecule has 0 radical (unpaired) electrons. The number of hydrogen-bond donors (Lipinski definition) is 5. The minimum Gasteiger partial charge on any atom is -0.368 e. The maximum Gasteiger partial charge on any atom is 0.332 e. The van der Waals surface area contributed by atoms with Gasteiger partial charge in [-0.1, -0.05) is 30.3 Å². The Morgan fingerprint density at radius 3 is 2.27 bits per heavy atom. The predicted molar refractivity (Wildman–Crippen MR) is 163 cm³/mol. The number of likely N-dealkylation sites (tertiary alicyclic amines) is 1. The summed E-state index contributed by atoms with van der Waals surface area (Å²) < 4.78 is 35.1. The zero-order chi connectivity index (χ0) is 33.1. The second kappa shape index (κ2) is 16.1. The first-order valence-corrected chi connectivity index (χ1v) is 15.9. The Kier molecular flexibility index (Phi) is 12.6. The predicted octanol–water partition coefficient (Wildman–Crippen LogP) is 0.151. The van der Waals surface area contributed by atoms with Gasteiger partial charge in [-0.2, -0.15) is 8.42 Å². The highest BCUT2D eigenvalue weighted by molar-refractivity contribution is 7.86. The van der Waals surface area contributed by atoms with Crippen LogP contribution in [0.25, 0.3) is 0 Å². The van der Waals surface area contributed by atoms with E-state index in [1.54, 1.807) is 26.1 Å². The molecule has 244 valence electrons. The molecule has 1 saturated heterocycles. The average Bonchev–Trinajstić information content (AvgIpc) is 3.51. The summed E-state index contributed by atoms with van der Waals surface area (Å²) in [4.78, 5) is 65.2. The molecule has 2 aromatic carbocycles. The van der Waals surface area contributed by atoms with Gasteiger partial charge >= 0.3 is 10.2 Å². The standard InChI is InChI=1S/C30H39FN6O7S/c1-19(33-2)27(39)35-23(10-6-16-34-28(40)21-12-14-22(15-13-21)45(31,43)44)30(42)37-17-7-11-25(37)29(41)36-24(26(32)38)18-20-8-4-3-5-9-20/h3-5,8-9,12-15,19,23-25,33H,6-7,10-11,16-18H2,1-2H3,(H2,32,38)(H,34,40)(H,35,39)(H,36,41).